The van der Waals surface area contributed by atoms with Crippen LogP contribution in [0.3, 0.4) is 0 Å². The highest BCUT2D eigenvalue weighted by molar-refractivity contribution is 6.04. The average molecular weight is 415 g/mol. The summed E-state index contributed by atoms with van der Waals surface area (Å²) in [7, 11) is 1.52. The molecule has 4 nitrogen and oxygen atoms in total. The molecule has 0 radical (unpaired) electrons. The molecule has 156 valence electrons. The van der Waals surface area contributed by atoms with Gasteiger partial charge in [0, 0.05) is 16.8 Å². The Balaban J connectivity index is 1.75. The fourth-order valence-corrected chi connectivity index (χ4v) is 2.85. The molecule has 0 saturated heterocycles. The quantitative estimate of drug-likeness (QED) is 0.549. The minimum absolute atomic E-state index is 0.190. The molecule has 0 unspecified atom stereocenters. The molecular weight excluding hydrogens is 395 g/mol. The normalized spacial score (nSPS) is 11.1. The van der Waals surface area contributed by atoms with Crippen molar-refractivity contribution in [1.82, 2.24) is 0 Å². The second kappa shape index (κ2) is 8.90. The molecule has 0 saturated carbocycles. The third-order valence-corrected chi connectivity index (χ3v) is 4.49. The number of methoxy groups -OCH3 is 1. The first kappa shape index (κ1) is 21.2. The molecule has 0 fully saturated rings. The van der Waals surface area contributed by atoms with Crippen LogP contribution in [0, 0.1) is 6.92 Å². The Kier molecular flexibility index (Phi) is 6.30. The first-order valence-electron chi connectivity index (χ1n) is 9.12. The molecule has 0 bridgehead atoms. The van der Waals surface area contributed by atoms with Gasteiger partial charge in [-0.3, -0.25) is 4.79 Å². The number of para-hydroxylation sites is 1. The van der Waals surface area contributed by atoms with Crippen molar-refractivity contribution in [1.29, 1.82) is 0 Å². The maximum absolute atomic E-state index is 12.7. The third-order valence-electron chi connectivity index (χ3n) is 4.49. The lowest BCUT2D eigenvalue weighted by Crippen LogP contribution is -2.13. The van der Waals surface area contributed by atoms with Crippen molar-refractivity contribution >= 4 is 11.6 Å². The number of rotatable bonds is 6. The molecule has 3 aromatic rings. The van der Waals surface area contributed by atoms with Crippen LogP contribution in [-0.4, -0.2) is 13.0 Å². The fraction of sp³-hybridized carbons (Fsp3) is 0.174. The topological polar surface area (TPSA) is 47.6 Å². The number of halogens is 3. The van der Waals surface area contributed by atoms with Gasteiger partial charge >= 0.3 is 6.18 Å². The second-order valence-electron chi connectivity index (χ2n) is 6.61. The molecule has 30 heavy (non-hydrogen) atoms. The van der Waals surface area contributed by atoms with Crippen LogP contribution in [0.4, 0.5) is 18.9 Å². The molecular formula is C23H20F3NO3. The number of nitrogens with one attached hydrogen (secondary N) is 1. The molecule has 0 heterocycles. The summed E-state index contributed by atoms with van der Waals surface area (Å²) in [5, 5.41) is 2.60. The maximum Gasteiger partial charge on any atom is 0.416 e. The SMILES string of the molecule is COc1ccc(C(=O)Nc2ccc(C(F)(F)F)cc2)cc1COc1ccccc1C. The lowest BCUT2D eigenvalue weighted by Gasteiger charge is -2.14. The molecule has 0 aromatic heterocycles. The minimum Gasteiger partial charge on any atom is -0.496 e. The van der Waals surface area contributed by atoms with Gasteiger partial charge in [-0.05, 0) is 61.0 Å². The van der Waals surface area contributed by atoms with Crippen molar-refractivity contribution < 1.29 is 27.4 Å². The Bertz CT molecular complexity index is 1030. The van der Waals surface area contributed by atoms with Crippen molar-refractivity contribution in [3.63, 3.8) is 0 Å². The number of carbonyl (C=O) groups is 1. The average Bonchev–Trinajstić information content (AvgIpc) is 2.72. The van der Waals surface area contributed by atoms with Crippen molar-refractivity contribution in [2.45, 2.75) is 19.7 Å². The van der Waals surface area contributed by atoms with Gasteiger partial charge < -0.3 is 14.8 Å². The standard InChI is InChI=1S/C23H20F3NO3/c1-15-5-3-4-6-20(15)30-14-17-13-16(7-12-21(17)29-2)22(28)27-19-10-8-18(9-11-19)23(24,25)26/h3-13H,14H2,1-2H3,(H,27,28). The van der Waals surface area contributed by atoms with Gasteiger partial charge in [0.15, 0.2) is 0 Å². The lowest BCUT2D eigenvalue weighted by atomic mass is 10.1. The van der Waals surface area contributed by atoms with Gasteiger partial charge in [-0.15, -0.1) is 0 Å². The van der Waals surface area contributed by atoms with E-state index in [9.17, 15) is 18.0 Å². The number of alkyl halides is 3. The third kappa shape index (κ3) is 5.11. The van der Waals surface area contributed by atoms with Crippen LogP contribution in [-0.2, 0) is 12.8 Å². The molecule has 3 aromatic carbocycles. The largest absolute Gasteiger partial charge is 0.496 e. The van der Waals surface area contributed by atoms with E-state index in [1.165, 1.54) is 19.2 Å². The number of anilines is 1. The molecule has 0 aliphatic carbocycles. The van der Waals surface area contributed by atoms with Gasteiger partial charge in [-0.1, -0.05) is 18.2 Å². The van der Waals surface area contributed by atoms with Crippen LogP contribution in [0.1, 0.15) is 27.0 Å². The van der Waals surface area contributed by atoms with E-state index in [2.05, 4.69) is 5.32 Å². The van der Waals surface area contributed by atoms with E-state index in [0.29, 0.717) is 16.9 Å². The predicted octanol–water partition coefficient (Wildman–Crippen LogP) is 5.85. The van der Waals surface area contributed by atoms with E-state index in [0.717, 1.165) is 23.4 Å². The summed E-state index contributed by atoms with van der Waals surface area (Å²) in [4.78, 5) is 12.6. The van der Waals surface area contributed by atoms with Crippen LogP contribution in [0.2, 0.25) is 0 Å². The number of amides is 1. The molecule has 0 atom stereocenters. The van der Waals surface area contributed by atoms with Crippen LogP contribution in [0.25, 0.3) is 0 Å². The molecule has 0 aliphatic heterocycles. The van der Waals surface area contributed by atoms with Gasteiger partial charge in [-0.25, -0.2) is 0 Å². The predicted molar refractivity (Wildman–Crippen MR) is 108 cm³/mol. The van der Waals surface area contributed by atoms with E-state index < -0.39 is 17.6 Å². The highest BCUT2D eigenvalue weighted by atomic mass is 19.4. The Labute approximate surface area is 172 Å². The number of ether oxygens (including phenoxy) is 2. The van der Waals surface area contributed by atoms with Gasteiger partial charge in [0.1, 0.15) is 18.1 Å². The molecule has 3 rings (SSSR count). The molecule has 7 heteroatoms. The zero-order valence-electron chi connectivity index (χ0n) is 16.4. The Morgan fingerprint density at radius 2 is 1.67 bits per heavy atom. The van der Waals surface area contributed by atoms with Crippen LogP contribution in [0.15, 0.2) is 66.7 Å². The lowest BCUT2D eigenvalue weighted by molar-refractivity contribution is -0.137. The Morgan fingerprint density at radius 1 is 0.967 bits per heavy atom. The molecule has 0 spiro atoms. The van der Waals surface area contributed by atoms with E-state index >= 15 is 0 Å². The minimum atomic E-state index is -4.43. The van der Waals surface area contributed by atoms with Crippen LogP contribution in [0.5, 0.6) is 11.5 Å². The zero-order valence-corrected chi connectivity index (χ0v) is 16.4. The van der Waals surface area contributed by atoms with E-state index in [-0.39, 0.29) is 12.3 Å². The Morgan fingerprint density at radius 3 is 2.30 bits per heavy atom. The van der Waals surface area contributed by atoms with E-state index in [4.69, 9.17) is 9.47 Å². The van der Waals surface area contributed by atoms with Crippen molar-refractivity contribution in [2.24, 2.45) is 0 Å². The van der Waals surface area contributed by atoms with Gasteiger partial charge in [0.2, 0.25) is 0 Å². The monoisotopic (exact) mass is 415 g/mol. The molecule has 1 N–H and O–H groups in total. The van der Waals surface area contributed by atoms with Crippen LogP contribution >= 0.6 is 0 Å². The maximum atomic E-state index is 12.7. The molecule has 1 amide bonds. The highest BCUT2D eigenvalue weighted by Crippen LogP contribution is 2.30. The number of benzene rings is 3. The van der Waals surface area contributed by atoms with Gasteiger partial charge in [0.05, 0.1) is 12.7 Å². The summed E-state index contributed by atoms with van der Waals surface area (Å²) >= 11 is 0. The van der Waals surface area contributed by atoms with Gasteiger partial charge in [-0.2, -0.15) is 13.2 Å². The summed E-state index contributed by atoms with van der Waals surface area (Å²) in [6.07, 6.45) is -4.43. The number of hydrogen-bond donors (Lipinski definition) is 1. The molecule has 0 aliphatic rings. The number of aryl methyl sites for hydroxylation is 1. The summed E-state index contributed by atoms with van der Waals surface area (Å²) in [5.74, 6) is 0.836. The smallest absolute Gasteiger partial charge is 0.416 e. The summed E-state index contributed by atoms with van der Waals surface area (Å²) in [5.41, 5.74) is 1.47. The van der Waals surface area contributed by atoms with Crippen LogP contribution < -0.4 is 14.8 Å². The summed E-state index contributed by atoms with van der Waals surface area (Å²) in [6.45, 7) is 2.12. The first-order chi connectivity index (χ1) is 14.3. The highest BCUT2D eigenvalue weighted by Gasteiger charge is 2.30. The van der Waals surface area contributed by atoms with E-state index in [1.54, 1.807) is 18.2 Å². The van der Waals surface area contributed by atoms with Crippen molar-refractivity contribution in [3.8, 4) is 11.5 Å². The number of hydrogen-bond acceptors (Lipinski definition) is 3. The van der Waals surface area contributed by atoms with Crippen molar-refractivity contribution in [2.75, 3.05) is 12.4 Å². The number of carbonyl (C=O) groups excluding carboxylic acids is 1. The van der Waals surface area contributed by atoms with Crippen molar-refractivity contribution in [3.05, 3.63) is 89.0 Å². The fourth-order valence-electron chi connectivity index (χ4n) is 2.85. The van der Waals surface area contributed by atoms with E-state index in [1.807, 2.05) is 31.2 Å². The summed E-state index contributed by atoms with van der Waals surface area (Å²) < 4.78 is 49.2. The zero-order chi connectivity index (χ0) is 21.7. The van der Waals surface area contributed by atoms with Gasteiger partial charge in [0.25, 0.3) is 5.91 Å². The summed E-state index contributed by atoms with van der Waals surface area (Å²) in [6, 6.07) is 16.7. The first-order valence-corrected chi connectivity index (χ1v) is 9.12. The second-order valence-corrected chi connectivity index (χ2v) is 6.61. The Hall–Kier alpha value is -3.48.